The molecule has 2 unspecified atom stereocenters. The number of hydrogen-bond acceptors (Lipinski definition) is 3. The monoisotopic (exact) mass is 284 g/mol. The molecular weight excluding hydrogens is 252 g/mol. The fraction of sp³-hybridized carbons (Fsp3) is 0.933. The van der Waals surface area contributed by atoms with Gasteiger partial charge in [-0.15, -0.1) is 0 Å². The van der Waals surface area contributed by atoms with Gasteiger partial charge >= 0.3 is 0 Å². The molecule has 1 aliphatic heterocycles. The second-order valence-electron chi connectivity index (χ2n) is 6.39. The van der Waals surface area contributed by atoms with Gasteiger partial charge in [-0.3, -0.25) is 4.99 Å². The van der Waals surface area contributed by atoms with Crippen LogP contribution in [0.5, 0.6) is 0 Å². The summed E-state index contributed by atoms with van der Waals surface area (Å²) < 4.78 is 5.07. The van der Waals surface area contributed by atoms with E-state index in [2.05, 4.69) is 29.1 Å². The topological polar surface area (TPSA) is 62.9 Å². The zero-order valence-corrected chi connectivity index (χ0v) is 13.6. The first kappa shape index (κ1) is 17.2. The number of piperidine rings is 1. The van der Waals surface area contributed by atoms with Gasteiger partial charge in [0.05, 0.1) is 6.61 Å². The molecule has 5 nitrogen and oxygen atoms in total. The van der Waals surface area contributed by atoms with E-state index in [1.165, 1.54) is 25.9 Å². The van der Waals surface area contributed by atoms with Gasteiger partial charge in [-0.2, -0.15) is 0 Å². The molecule has 0 saturated carbocycles. The number of methoxy groups -OCH3 is 1. The maximum absolute atomic E-state index is 5.91. The van der Waals surface area contributed by atoms with Gasteiger partial charge < -0.3 is 20.7 Å². The van der Waals surface area contributed by atoms with Gasteiger partial charge in [-0.25, -0.2) is 0 Å². The molecule has 0 spiro atoms. The van der Waals surface area contributed by atoms with Crippen molar-refractivity contribution in [2.75, 3.05) is 39.9 Å². The second-order valence-corrected chi connectivity index (χ2v) is 6.39. The van der Waals surface area contributed by atoms with E-state index < -0.39 is 0 Å². The molecule has 0 aromatic rings. The van der Waals surface area contributed by atoms with Crippen molar-refractivity contribution in [3.8, 4) is 0 Å². The lowest BCUT2D eigenvalue weighted by Gasteiger charge is -2.33. The van der Waals surface area contributed by atoms with Crippen molar-refractivity contribution in [2.24, 2.45) is 22.6 Å². The van der Waals surface area contributed by atoms with Crippen LogP contribution in [-0.4, -0.2) is 56.8 Å². The minimum atomic E-state index is 0.201. The third-order valence-electron chi connectivity index (χ3n) is 3.56. The fourth-order valence-electron chi connectivity index (χ4n) is 2.80. The first-order chi connectivity index (χ1) is 9.51. The summed E-state index contributed by atoms with van der Waals surface area (Å²) in [5.74, 6) is 1.91. The van der Waals surface area contributed by atoms with Crippen LogP contribution in [0.15, 0.2) is 4.99 Å². The number of likely N-dealkylation sites (tertiary alicyclic amines) is 1. The van der Waals surface area contributed by atoms with E-state index in [1.54, 1.807) is 7.11 Å². The smallest absolute Gasteiger partial charge is 0.188 e. The van der Waals surface area contributed by atoms with Gasteiger partial charge in [-0.05, 0) is 38.1 Å². The van der Waals surface area contributed by atoms with Crippen LogP contribution < -0.4 is 11.1 Å². The molecule has 1 aliphatic rings. The largest absolute Gasteiger partial charge is 0.383 e. The molecule has 2 atom stereocenters. The molecule has 118 valence electrons. The quantitative estimate of drug-likeness (QED) is 0.546. The van der Waals surface area contributed by atoms with Crippen molar-refractivity contribution >= 4 is 5.96 Å². The summed E-state index contributed by atoms with van der Waals surface area (Å²) in [6.45, 7) is 11.6. The minimum Gasteiger partial charge on any atom is -0.383 e. The first-order valence-corrected chi connectivity index (χ1v) is 7.79. The highest BCUT2D eigenvalue weighted by molar-refractivity contribution is 5.78. The van der Waals surface area contributed by atoms with Crippen molar-refractivity contribution in [1.82, 2.24) is 10.2 Å². The van der Waals surface area contributed by atoms with Crippen molar-refractivity contribution in [3.63, 3.8) is 0 Å². The van der Waals surface area contributed by atoms with E-state index in [0.717, 1.165) is 19.0 Å². The summed E-state index contributed by atoms with van der Waals surface area (Å²) in [4.78, 5) is 7.05. The van der Waals surface area contributed by atoms with Gasteiger partial charge in [0.2, 0.25) is 0 Å². The molecule has 0 amide bonds. The summed E-state index contributed by atoms with van der Waals surface area (Å²) in [6.07, 6.45) is 2.54. The molecule has 5 heteroatoms. The Balaban J connectivity index is 2.32. The average molecular weight is 284 g/mol. The van der Waals surface area contributed by atoms with Gasteiger partial charge in [0.25, 0.3) is 0 Å². The predicted molar refractivity (Wildman–Crippen MR) is 85.0 cm³/mol. The number of nitrogens with one attached hydrogen (secondary N) is 1. The lowest BCUT2D eigenvalue weighted by molar-refractivity contribution is 0.162. The molecule has 0 radical (unpaired) electrons. The van der Waals surface area contributed by atoms with Crippen LogP contribution in [0.2, 0.25) is 0 Å². The highest BCUT2D eigenvalue weighted by atomic mass is 16.5. The van der Waals surface area contributed by atoms with E-state index in [1.807, 2.05) is 6.92 Å². The lowest BCUT2D eigenvalue weighted by atomic mass is 9.97. The Bertz CT molecular complexity index is 294. The number of guanidine groups is 1. The Kier molecular flexibility index (Phi) is 7.92. The van der Waals surface area contributed by atoms with Gasteiger partial charge in [0.15, 0.2) is 5.96 Å². The van der Waals surface area contributed by atoms with Gasteiger partial charge in [0.1, 0.15) is 0 Å². The number of nitrogens with two attached hydrogens (primary N) is 1. The number of ether oxygens (including phenoxy) is 1. The summed E-state index contributed by atoms with van der Waals surface area (Å²) in [7, 11) is 1.69. The molecule has 3 N–H and O–H groups in total. The molecular formula is C15H32N4O. The van der Waals surface area contributed by atoms with Crippen LogP contribution >= 0.6 is 0 Å². The third-order valence-corrected chi connectivity index (χ3v) is 3.56. The summed E-state index contributed by atoms with van der Waals surface area (Å²) in [6, 6.07) is 0.201. The van der Waals surface area contributed by atoms with Gasteiger partial charge in [-0.1, -0.05) is 13.8 Å². The number of rotatable bonds is 7. The van der Waals surface area contributed by atoms with Crippen molar-refractivity contribution in [1.29, 1.82) is 0 Å². The van der Waals surface area contributed by atoms with E-state index >= 15 is 0 Å². The zero-order valence-electron chi connectivity index (χ0n) is 13.6. The summed E-state index contributed by atoms with van der Waals surface area (Å²) in [5.41, 5.74) is 5.91. The maximum atomic E-state index is 5.91. The van der Waals surface area contributed by atoms with Crippen molar-refractivity contribution < 1.29 is 4.74 Å². The molecule has 20 heavy (non-hydrogen) atoms. The Labute approximate surface area is 124 Å². The molecule has 0 aromatic carbocycles. The molecule has 0 aromatic heterocycles. The van der Waals surface area contributed by atoms with E-state index in [9.17, 15) is 0 Å². The molecule has 0 bridgehead atoms. The number of hydrogen-bond donors (Lipinski definition) is 2. The number of aliphatic imine (C=N–C) groups is 1. The molecule has 1 fully saturated rings. The maximum Gasteiger partial charge on any atom is 0.188 e. The first-order valence-electron chi connectivity index (χ1n) is 7.79. The minimum absolute atomic E-state index is 0.201. The van der Waals surface area contributed by atoms with Crippen LogP contribution in [-0.2, 0) is 4.74 Å². The molecule has 0 aliphatic carbocycles. The Morgan fingerprint density at radius 3 is 2.85 bits per heavy atom. The van der Waals surface area contributed by atoms with Crippen LogP contribution in [0.3, 0.4) is 0 Å². The third kappa shape index (κ3) is 7.10. The normalized spacial score (nSPS) is 23.1. The standard InChI is InChI=1S/C15H32N4O/c1-12(2)9-19-7-5-6-14(10-19)8-17-15(16)18-13(3)11-20-4/h12-14H,5-11H2,1-4H3,(H3,16,17,18). The predicted octanol–water partition coefficient (Wildman–Crippen LogP) is 1.29. The highest BCUT2D eigenvalue weighted by Crippen LogP contribution is 2.17. The Hall–Kier alpha value is -0.810. The number of nitrogens with zero attached hydrogens (tertiary/aromatic N) is 2. The Morgan fingerprint density at radius 1 is 1.45 bits per heavy atom. The summed E-state index contributed by atoms with van der Waals surface area (Å²) in [5, 5.41) is 3.15. The van der Waals surface area contributed by atoms with Crippen LogP contribution in [0.1, 0.15) is 33.6 Å². The SMILES string of the molecule is COCC(C)NC(N)=NCC1CCCN(CC(C)C)C1. The van der Waals surface area contributed by atoms with Crippen LogP contribution in [0.25, 0.3) is 0 Å². The second kappa shape index (κ2) is 9.19. The zero-order chi connectivity index (χ0) is 15.0. The fourth-order valence-corrected chi connectivity index (χ4v) is 2.80. The van der Waals surface area contributed by atoms with Crippen molar-refractivity contribution in [2.45, 2.75) is 39.7 Å². The highest BCUT2D eigenvalue weighted by Gasteiger charge is 2.20. The van der Waals surface area contributed by atoms with Crippen LogP contribution in [0, 0.1) is 11.8 Å². The Morgan fingerprint density at radius 2 is 2.20 bits per heavy atom. The molecule has 1 rings (SSSR count). The molecule has 1 saturated heterocycles. The average Bonchev–Trinajstić information content (AvgIpc) is 2.36. The van der Waals surface area contributed by atoms with Crippen LogP contribution in [0.4, 0.5) is 0 Å². The molecule has 1 heterocycles. The van der Waals surface area contributed by atoms with E-state index in [-0.39, 0.29) is 6.04 Å². The summed E-state index contributed by atoms with van der Waals surface area (Å²) >= 11 is 0. The van der Waals surface area contributed by atoms with Gasteiger partial charge in [0, 0.05) is 32.8 Å². The van der Waals surface area contributed by atoms with E-state index in [0.29, 0.717) is 18.5 Å². The lowest BCUT2D eigenvalue weighted by Crippen LogP contribution is -2.42. The van der Waals surface area contributed by atoms with Crippen molar-refractivity contribution in [3.05, 3.63) is 0 Å². The van der Waals surface area contributed by atoms with E-state index in [4.69, 9.17) is 10.5 Å².